The number of aryl methyl sites for hydroxylation is 1. The van der Waals surface area contributed by atoms with Gasteiger partial charge < -0.3 is 15.8 Å². The third-order valence-electron chi connectivity index (χ3n) is 3.07. The van der Waals surface area contributed by atoms with Gasteiger partial charge in [0.2, 0.25) is 0 Å². The number of nitrogens with two attached hydrogens (primary N) is 1. The van der Waals surface area contributed by atoms with Crippen LogP contribution in [0.5, 0.6) is 5.75 Å². The lowest BCUT2D eigenvalue weighted by Crippen LogP contribution is -2.14. The van der Waals surface area contributed by atoms with E-state index in [4.69, 9.17) is 10.5 Å². The van der Waals surface area contributed by atoms with Gasteiger partial charge in [0.15, 0.2) is 5.75 Å². The van der Waals surface area contributed by atoms with Crippen molar-refractivity contribution >= 4 is 23.1 Å². The first-order chi connectivity index (χ1) is 10.9. The zero-order valence-corrected chi connectivity index (χ0v) is 12.7. The standard InChI is InChI=1S/C15H16N4O4/c1-3-23-13-6-4-10(8-12(13)19(21)22)15(20)18-11-5-7-14(16)17-9(11)2/h4-8H,3H2,1-2H3,(H2,16,17)(H,18,20). The number of rotatable bonds is 5. The van der Waals surface area contributed by atoms with Crippen LogP contribution < -0.4 is 15.8 Å². The number of nitrogens with zero attached hydrogens (tertiary/aromatic N) is 2. The molecule has 0 radical (unpaired) electrons. The normalized spacial score (nSPS) is 10.2. The highest BCUT2D eigenvalue weighted by atomic mass is 16.6. The number of pyridine rings is 1. The molecule has 1 aromatic carbocycles. The van der Waals surface area contributed by atoms with Crippen LogP contribution in [0.3, 0.4) is 0 Å². The minimum Gasteiger partial charge on any atom is -0.487 e. The minimum atomic E-state index is -0.586. The third-order valence-corrected chi connectivity index (χ3v) is 3.07. The van der Waals surface area contributed by atoms with Gasteiger partial charge in [0.25, 0.3) is 5.91 Å². The molecule has 1 aromatic heterocycles. The fourth-order valence-electron chi connectivity index (χ4n) is 1.99. The highest BCUT2D eigenvalue weighted by molar-refractivity contribution is 6.05. The molecule has 0 aliphatic carbocycles. The average Bonchev–Trinajstić information content (AvgIpc) is 2.50. The van der Waals surface area contributed by atoms with E-state index < -0.39 is 10.8 Å². The summed E-state index contributed by atoms with van der Waals surface area (Å²) in [6.07, 6.45) is 0. The monoisotopic (exact) mass is 316 g/mol. The van der Waals surface area contributed by atoms with Crippen molar-refractivity contribution in [1.29, 1.82) is 0 Å². The Bertz CT molecular complexity index is 761. The van der Waals surface area contributed by atoms with E-state index in [9.17, 15) is 14.9 Å². The van der Waals surface area contributed by atoms with Crippen molar-refractivity contribution in [1.82, 2.24) is 4.98 Å². The Kier molecular flexibility index (Phi) is 4.75. The molecule has 23 heavy (non-hydrogen) atoms. The lowest BCUT2D eigenvalue weighted by Gasteiger charge is -2.09. The Morgan fingerprint density at radius 1 is 1.39 bits per heavy atom. The van der Waals surface area contributed by atoms with Gasteiger partial charge in [-0.15, -0.1) is 0 Å². The first-order valence-corrected chi connectivity index (χ1v) is 6.88. The van der Waals surface area contributed by atoms with Gasteiger partial charge in [-0.1, -0.05) is 0 Å². The van der Waals surface area contributed by atoms with E-state index in [2.05, 4.69) is 10.3 Å². The van der Waals surface area contributed by atoms with Crippen molar-refractivity contribution in [2.75, 3.05) is 17.7 Å². The molecule has 1 amide bonds. The van der Waals surface area contributed by atoms with E-state index in [1.54, 1.807) is 26.0 Å². The molecule has 0 saturated heterocycles. The number of nitrogens with one attached hydrogen (secondary N) is 1. The van der Waals surface area contributed by atoms with Crippen LogP contribution in [-0.2, 0) is 0 Å². The second-order valence-electron chi connectivity index (χ2n) is 4.70. The van der Waals surface area contributed by atoms with Gasteiger partial charge in [0, 0.05) is 11.6 Å². The SMILES string of the molecule is CCOc1ccc(C(=O)Nc2ccc(N)nc2C)cc1[N+](=O)[O-]. The summed E-state index contributed by atoms with van der Waals surface area (Å²) in [5, 5.41) is 13.7. The molecule has 3 N–H and O–H groups in total. The van der Waals surface area contributed by atoms with E-state index in [-0.39, 0.29) is 17.0 Å². The summed E-state index contributed by atoms with van der Waals surface area (Å²) in [5.41, 5.74) is 6.49. The Balaban J connectivity index is 2.28. The van der Waals surface area contributed by atoms with Crippen molar-refractivity contribution in [3.63, 3.8) is 0 Å². The smallest absolute Gasteiger partial charge is 0.311 e. The zero-order valence-electron chi connectivity index (χ0n) is 12.7. The summed E-state index contributed by atoms with van der Waals surface area (Å²) in [7, 11) is 0. The molecule has 0 saturated carbocycles. The number of carbonyl (C=O) groups excluding carboxylic acids is 1. The quantitative estimate of drug-likeness (QED) is 0.646. The average molecular weight is 316 g/mol. The summed E-state index contributed by atoms with van der Waals surface area (Å²) in [5.74, 6) is -0.0117. The van der Waals surface area contributed by atoms with Gasteiger partial charge in [-0.25, -0.2) is 4.98 Å². The Morgan fingerprint density at radius 3 is 2.74 bits per heavy atom. The first kappa shape index (κ1) is 16.2. The van der Waals surface area contributed by atoms with Crippen LogP contribution in [0.2, 0.25) is 0 Å². The second-order valence-corrected chi connectivity index (χ2v) is 4.70. The van der Waals surface area contributed by atoms with Crippen LogP contribution in [0.15, 0.2) is 30.3 Å². The fraction of sp³-hybridized carbons (Fsp3) is 0.200. The molecule has 2 rings (SSSR count). The van der Waals surface area contributed by atoms with E-state index in [0.717, 1.165) is 0 Å². The van der Waals surface area contributed by atoms with Crippen molar-refractivity contribution in [3.05, 3.63) is 51.7 Å². The van der Waals surface area contributed by atoms with Crippen LogP contribution in [0.4, 0.5) is 17.2 Å². The Hall–Kier alpha value is -3.16. The minimum absolute atomic E-state index is 0.124. The van der Waals surface area contributed by atoms with Crippen LogP contribution >= 0.6 is 0 Å². The number of hydrogen-bond acceptors (Lipinski definition) is 6. The maximum Gasteiger partial charge on any atom is 0.311 e. The number of benzene rings is 1. The van der Waals surface area contributed by atoms with Crippen LogP contribution in [-0.4, -0.2) is 22.4 Å². The molecule has 0 spiro atoms. The molecular formula is C15H16N4O4. The molecular weight excluding hydrogens is 300 g/mol. The molecule has 0 atom stereocenters. The highest BCUT2D eigenvalue weighted by Gasteiger charge is 2.19. The Labute approximate surface area is 132 Å². The van der Waals surface area contributed by atoms with E-state index in [1.807, 2.05) is 0 Å². The summed E-state index contributed by atoms with van der Waals surface area (Å²) < 4.78 is 5.19. The predicted octanol–water partition coefficient (Wildman–Crippen LogP) is 2.53. The number of hydrogen-bond donors (Lipinski definition) is 2. The fourth-order valence-corrected chi connectivity index (χ4v) is 1.99. The number of nitro groups is 1. The van der Waals surface area contributed by atoms with Crippen LogP contribution in [0.25, 0.3) is 0 Å². The summed E-state index contributed by atoms with van der Waals surface area (Å²) in [4.78, 5) is 26.8. The van der Waals surface area contributed by atoms with Gasteiger partial charge >= 0.3 is 5.69 Å². The number of amides is 1. The second kappa shape index (κ2) is 6.73. The van der Waals surface area contributed by atoms with Crippen molar-refractivity contribution in [3.8, 4) is 5.75 Å². The van der Waals surface area contributed by atoms with Crippen LogP contribution in [0, 0.1) is 17.0 Å². The van der Waals surface area contributed by atoms with E-state index >= 15 is 0 Å². The predicted molar refractivity (Wildman–Crippen MR) is 85.6 cm³/mol. The summed E-state index contributed by atoms with van der Waals surface area (Å²) >= 11 is 0. The van der Waals surface area contributed by atoms with Crippen molar-refractivity contribution in [2.24, 2.45) is 0 Å². The van der Waals surface area contributed by atoms with E-state index in [1.165, 1.54) is 18.2 Å². The molecule has 8 nitrogen and oxygen atoms in total. The van der Waals surface area contributed by atoms with Gasteiger partial charge in [0.1, 0.15) is 5.82 Å². The lowest BCUT2D eigenvalue weighted by molar-refractivity contribution is -0.385. The number of anilines is 2. The lowest BCUT2D eigenvalue weighted by atomic mass is 10.1. The van der Waals surface area contributed by atoms with Gasteiger partial charge in [-0.2, -0.15) is 0 Å². The molecule has 8 heteroatoms. The van der Waals surface area contributed by atoms with Gasteiger partial charge in [0.05, 0.1) is 22.9 Å². The molecule has 120 valence electrons. The topological polar surface area (TPSA) is 120 Å². The number of nitrogen functional groups attached to an aromatic ring is 1. The number of nitro benzene ring substituents is 1. The highest BCUT2D eigenvalue weighted by Crippen LogP contribution is 2.28. The summed E-state index contributed by atoms with van der Waals surface area (Å²) in [6.45, 7) is 3.72. The van der Waals surface area contributed by atoms with Gasteiger partial charge in [-0.05, 0) is 38.1 Å². The summed E-state index contributed by atoms with van der Waals surface area (Å²) in [6, 6.07) is 7.24. The zero-order chi connectivity index (χ0) is 17.0. The molecule has 0 aliphatic heterocycles. The maximum atomic E-state index is 12.3. The molecule has 0 fully saturated rings. The molecule has 0 unspecified atom stereocenters. The first-order valence-electron chi connectivity index (χ1n) is 6.88. The van der Waals surface area contributed by atoms with E-state index in [0.29, 0.717) is 23.8 Å². The maximum absolute atomic E-state index is 12.3. The number of ether oxygens (including phenoxy) is 1. The molecule has 0 aliphatic rings. The van der Waals surface area contributed by atoms with Gasteiger partial charge in [-0.3, -0.25) is 14.9 Å². The van der Waals surface area contributed by atoms with Crippen molar-refractivity contribution in [2.45, 2.75) is 13.8 Å². The molecule has 0 bridgehead atoms. The van der Waals surface area contributed by atoms with Crippen molar-refractivity contribution < 1.29 is 14.5 Å². The number of aromatic nitrogens is 1. The number of carbonyl (C=O) groups is 1. The largest absolute Gasteiger partial charge is 0.487 e. The third kappa shape index (κ3) is 3.73. The van der Waals surface area contributed by atoms with Crippen LogP contribution in [0.1, 0.15) is 23.0 Å². The Morgan fingerprint density at radius 2 is 2.13 bits per heavy atom. The molecule has 1 heterocycles. The molecule has 2 aromatic rings.